The lowest BCUT2D eigenvalue weighted by Gasteiger charge is -2.07. The lowest BCUT2D eigenvalue weighted by Crippen LogP contribution is -2.26. The highest BCUT2D eigenvalue weighted by Crippen LogP contribution is 2.19. The van der Waals surface area contributed by atoms with Crippen molar-refractivity contribution in [2.75, 3.05) is 0 Å². The van der Waals surface area contributed by atoms with E-state index in [1.54, 1.807) is 24.3 Å². The molecule has 5 heteroatoms. The first-order chi connectivity index (χ1) is 9.15. The van der Waals surface area contributed by atoms with Crippen LogP contribution in [-0.4, -0.2) is 16.1 Å². The van der Waals surface area contributed by atoms with Crippen LogP contribution < -0.4 is 5.56 Å². The molecule has 0 aliphatic heterocycles. The van der Waals surface area contributed by atoms with Crippen molar-refractivity contribution < 1.29 is 4.79 Å². The number of nitrogens with zero attached hydrogens (tertiary/aromatic N) is 2. The Morgan fingerprint density at radius 1 is 1.32 bits per heavy atom. The number of carbonyl (C=O) groups excluding carboxylic acids is 1. The van der Waals surface area contributed by atoms with E-state index in [2.05, 4.69) is 5.10 Å². The van der Waals surface area contributed by atoms with Gasteiger partial charge in [0.05, 0.1) is 11.3 Å². The summed E-state index contributed by atoms with van der Waals surface area (Å²) in [6, 6.07) is 8.60. The molecular formula is C14H13ClN2O2. The Kier molecular flexibility index (Phi) is 4.12. The van der Waals surface area contributed by atoms with Gasteiger partial charge in [-0.05, 0) is 24.6 Å². The molecule has 4 nitrogen and oxygen atoms in total. The van der Waals surface area contributed by atoms with E-state index in [1.807, 2.05) is 6.92 Å². The molecule has 0 spiro atoms. The fraction of sp³-hybridized carbons (Fsp3) is 0.214. The Bertz CT molecular complexity index is 647. The molecule has 1 aromatic carbocycles. The molecule has 0 fully saturated rings. The molecule has 0 atom stereocenters. The Morgan fingerprint density at radius 3 is 2.58 bits per heavy atom. The van der Waals surface area contributed by atoms with Gasteiger partial charge < -0.3 is 0 Å². The first-order valence-corrected chi connectivity index (χ1v) is 6.36. The summed E-state index contributed by atoms with van der Waals surface area (Å²) in [5.41, 5.74) is 1.17. The molecule has 2 aromatic rings. The molecule has 19 heavy (non-hydrogen) atoms. The molecule has 2 rings (SSSR count). The molecule has 0 saturated carbocycles. The van der Waals surface area contributed by atoms with Crippen molar-refractivity contribution in [1.82, 2.24) is 9.78 Å². The smallest absolute Gasteiger partial charge is 0.277 e. The van der Waals surface area contributed by atoms with E-state index in [1.165, 1.54) is 10.7 Å². The van der Waals surface area contributed by atoms with Crippen LogP contribution >= 0.6 is 11.6 Å². The van der Waals surface area contributed by atoms with Gasteiger partial charge in [-0.3, -0.25) is 9.59 Å². The maximum Gasteiger partial charge on any atom is 0.277 e. The van der Waals surface area contributed by atoms with Gasteiger partial charge in [0, 0.05) is 17.1 Å². The maximum atomic E-state index is 11.9. The second-order valence-electron chi connectivity index (χ2n) is 4.14. The number of hydrogen-bond donors (Lipinski definition) is 0. The van der Waals surface area contributed by atoms with Crippen molar-refractivity contribution in [1.29, 1.82) is 0 Å². The monoisotopic (exact) mass is 276 g/mol. The van der Waals surface area contributed by atoms with Gasteiger partial charge in [-0.2, -0.15) is 5.10 Å². The van der Waals surface area contributed by atoms with Crippen molar-refractivity contribution in [2.45, 2.75) is 19.9 Å². The molecule has 0 N–H and O–H groups in total. The van der Waals surface area contributed by atoms with Gasteiger partial charge in [0.1, 0.15) is 0 Å². The fourth-order valence-electron chi connectivity index (χ4n) is 1.77. The molecule has 0 aliphatic carbocycles. The van der Waals surface area contributed by atoms with Crippen LogP contribution in [0, 0.1) is 0 Å². The number of aldehydes is 1. The van der Waals surface area contributed by atoms with Crippen LogP contribution in [0.15, 0.2) is 35.1 Å². The summed E-state index contributed by atoms with van der Waals surface area (Å²) in [5.74, 6) is 0. The Labute approximate surface area is 115 Å². The normalized spacial score (nSPS) is 10.4. The van der Waals surface area contributed by atoms with Crippen LogP contribution in [0.3, 0.4) is 0 Å². The van der Waals surface area contributed by atoms with E-state index in [-0.39, 0.29) is 11.1 Å². The van der Waals surface area contributed by atoms with Gasteiger partial charge in [-0.1, -0.05) is 30.7 Å². The largest absolute Gasteiger partial charge is 0.298 e. The van der Waals surface area contributed by atoms with Crippen molar-refractivity contribution in [3.05, 3.63) is 51.3 Å². The summed E-state index contributed by atoms with van der Waals surface area (Å²) in [6.07, 6.45) is 1.34. The van der Waals surface area contributed by atoms with E-state index in [0.29, 0.717) is 23.5 Å². The Balaban J connectivity index is 2.57. The van der Waals surface area contributed by atoms with Crippen LogP contribution in [0.1, 0.15) is 23.7 Å². The van der Waals surface area contributed by atoms with Gasteiger partial charge in [0.15, 0.2) is 6.29 Å². The van der Waals surface area contributed by atoms with Crippen LogP contribution in [0.2, 0.25) is 5.02 Å². The minimum Gasteiger partial charge on any atom is -0.298 e. The highest BCUT2D eigenvalue weighted by atomic mass is 35.5. The molecule has 0 aliphatic rings. The molecular weight excluding hydrogens is 264 g/mol. The quantitative estimate of drug-likeness (QED) is 0.807. The third kappa shape index (κ3) is 2.90. The molecule has 0 bridgehead atoms. The molecule has 1 heterocycles. The molecule has 98 valence electrons. The highest BCUT2D eigenvalue weighted by Gasteiger charge is 2.09. The van der Waals surface area contributed by atoms with Crippen molar-refractivity contribution in [3.8, 4) is 11.3 Å². The number of rotatable bonds is 4. The lowest BCUT2D eigenvalue weighted by molar-refractivity contribution is 0.112. The number of aromatic nitrogens is 2. The second kappa shape index (κ2) is 5.80. The van der Waals surface area contributed by atoms with E-state index in [0.717, 1.165) is 12.0 Å². The van der Waals surface area contributed by atoms with E-state index in [9.17, 15) is 9.59 Å². The fourth-order valence-corrected chi connectivity index (χ4v) is 1.90. The van der Waals surface area contributed by atoms with Gasteiger partial charge in [0.2, 0.25) is 0 Å². The van der Waals surface area contributed by atoms with E-state index < -0.39 is 0 Å². The molecule has 0 radical (unpaired) electrons. The van der Waals surface area contributed by atoms with E-state index >= 15 is 0 Å². The Hall–Kier alpha value is -1.94. The second-order valence-corrected chi connectivity index (χ2v) is 4.57. The number of hydrogen-bond acceptors (Lipinski definition) is 3. The van der Waals surface area contributed by atoms with Crippen LogP contribution in [0.4, 0.5) is 0 Å². The van der Waals surface area contributed by atoms with Gasteiger partial charge in [0.25, 0.3) is 5.56 Å². The molecule has 0 amide bonds. The molecule has 1 aromatic heterocycles. The third-order valence-electron chi connectivity index (χ3n) is 2.70. The minimum absolute atomic E-state index is 0.119. The average molecular weight is 277 g/mol. The van der Waals surface area contributed by atoms with Crippen LogP contribution in [0.25, 0.3) is 11.3 Å². The maximum absolute atomic E-state index is 11.9. The van der Waals surface area contributed by atoms with Crippen molar-refractivity contribution >= 4 is 17.9 Å². The summed E-state index contributed by atoms with van der Waals surface area (Å²) in [5, 5.41) is 4.90. The van der Waals surface area contributed by atoms with Gasteiger partial charge in [-0.25, -0.2) is 4.68 Å². The zero-order valence-corrected chi connectivity index (χ0v) is 11.2. The molecule has 0 unspecified atom stereocenters. The zero-order chi connectivity index (χ0) is 13.8. The van der Waals surface area contributed by atoms with Crippen molar-refractivity contribution in [3.63, 3.8) is 0 Å². The Morgan fingerprint density at radius 2 is 2.00 bits per heavy atom. The first kappa shape index (κ1) is 13.5. The number of aryl methyl sites for hydroxylation is 1. The SMILES string of the molecule is CCCn1nc(-c2ccc(Cl)cc2)cc(C=O)c1=O. The summed E-state index contributed by atoms with van der Waals surface area (Å²) in [4.78, 5) is 22.8. The summed E-state index contributed by atoms with van der Waals surface area (Å²) >= 11 is 5.83. The summed E-state index contributed by atoms with van der Waals surface area (Å²) < 4.78 is 1.33. The summed E-state index contributed by atoms with van der Waals surface area (Å²) in [6.45, 7) is 2.44. The number of benzene rings is 1. The van der Waals surface area contributed by atoms with Crippen LogP contribution in [0.5, 0.6) is 0 Å². The predicted octanol–water partition coefficient (Wildman–Crippen LogP) is 2.79. The zero-order valence-electron chi connectivity index (χ0n) is 10.5. The summed E-state index contributed by atoms with van der Waals surface area (Å²) in [7, 11) is 0. The third-order valence-corrected chi connectivity index (χ3v) is 2.96. The standard InChI is InChI=1S/C14H13ClN2O2/c1-2-7-17-14(19)11(9-18)8-13(16-17)10-3-5-12(15)6-4-10/h3-6,8-9H,2,7H2,1H3. The van der Waals surface area contributed by atoms with E-state index in [4.69, 9.17) is 11.6 Å². The first-order valence-electron chi connectivity index (χ1n) is 5.99. The predicted molar refractivity (Wildman–Crippen MR) is 74.6 cm³/mol. The van der Waals surface area contributed by atoms with Gasteiger partial charge >= 0.3 is 0 Å². The minimum atomic E-state index is -0.352. The number of carbonyl (C=O) groups is 1. The number of halogens is 1. The van der Waals surface area contributed by atoms with Gasteiger partial charge in [-0.15, -0.1) is 0 Å². The topological polar surface area (TPSA) is 52.0 Å². The molecule has 0 saturated heterocycles. The van der Waals surface area contributed by atoms with Crippen LogP contribution in [-0.2, 0) is 6.54 Å². The highest BCUT2D eigenvalue weighted by molar-refractivity contribution is 6.30. The van der Waals surface area contributed by atoms with Crippen molar-refractivity contribution in [2.24, 2.45) is 0 Å². The lowest BCUT2D eigenvalue weighted by atomic mass is 10.1. The average Bonchev–Trinajstić information content (AvgIpc) is 2.42.